The number of ketones is 1. The molecule has 3 nitrogen and oxygen atoms in total. The number of Topliss-reactive ketones (excluding diaryl/α,β-unsaturated/α-hetero) is 1. The SMILES string of the molecule is CCC(C)SCC(=O)c1ccn(C)n1. The van der Waals surface area contributed by atoms with Gasteiger partial charge in [-0.05, 0) is 12.5 Å². The molecule has 1 aromatic heterocycles. The summed E-state index contributed by atoms with van der Waals surface area (Å²) in [5, 5.41) is 4.61. The van der Waals surface area contributed by atoms with E-state index >= 15 is 0 Å². The highest BCUT2D eigenvalue weighted by molar-refractivity contribution is 8.00. The van der Waals surface area contributed by atoms with Crippen LogP contribution >= 0.6 is 11.8 Å². The third-order valence-electron chi connectivity index (χ3n) is 2.07. The lowest BCUT2D eigenvalue weighted by Crippen LogP contribution is -2.07. The standard InChI is InChI=1S/C10H16N2OS/c1-4-8(2)14-7-10(13)9-5-6-12(3)11-9/h5-6,8H,4,7H2,1-3H3. The molecule has 0 saturated carbocycles. The van der Waals surface area contributed by atoms with Crippen molar-refractivity contribution in [1.82, 2.24) is 9.78 Å². The number of hydrogen-bond acceptors (Lipinski definition) is 3. The molecule has 4 heteroatoms. The molecule has 1 unspecified atom stereocenters. The Kier molecular flexibility index (Phi) is 4.20. The summed E-state index contributed by atoms with van der Waals surface area (Å²) in [6.45, 7) is 4.26. The Labute approximate surface area is 88.9 Å². The Bertz CT molecular complexity index is 309. The van der Waals surface area contributed by atoms with Gasteiger partial charge in [-0.1, -0.05) is 13.8 Å². The van der Waals surface area contributed by atoms with Crippen LogP contribution in [0.2, 0.25) is 0 Å². The van der Waals surface area contributed by atoms with Gasteiger partial charge in [-0.15, -0.1) is 0 Å². The fraction of sp³-hybridized carbons (Fsp3) is 0.600. The Hall–Kier alpha value is -0.770. The maximum Gasteiger partial charge on any atom is 0.192 e. The second-order valence-electron chi connectivity index (χ2n) is 3.33. The molecule has 0 radical (unpaired) electrons. The Morgan fingerprint density at radius 2 is 2.43 bits per heavy atom. The Morgan fingerprint density at radius 1 is 1.71 bits per heavy atom. The van der Waals surface area contributed by atoms with E-state index in [0.29, 0.717) is 16.7 Å². The minimum atomic E-state index is 0.121. The van der Waals surface area contributed by atoms with Gasteiger partial charge in [0.15, 0.2) is 5.78 Å². The van der Waals surface area contributed by atoms with Crippen molar-refractivity contribution in [3.8, 4) is 0 Å². The fourth-order valence-electron chi connectivity index (χ4n) is 0.974. The van der Waals surface area contributed by atoms with Crippen LogP contribution in [0.3, 0.4) is 0 Å². The van der Waals surface area contributed by atoms with E-state index in [9.17, 15) is 4.79 Å². The third-order valence-corrected chi connectivity index (χ3v) is 3.40. The highest BCUT2D eigenvalue weighted by Gasteiger charge is 2.10. The van der Waals surface area contributed by atoms with Gasteiger partial charge in [-0.25, -0.2) is 0 Å². The van der Waals surface area contributed by atoms with Gasteiger partial charge in [0.2, 0.25) is 0 Å². The van der Waals surface area contributed by atoms with Gasteiger partial charge in [0.05, 0.1) is 5.75 Å². The molecule has 1 heterocycles. The molecule has 0 aliphatic heterocycles. The first kappa shape index (κ1) is 11.3. The van der Waals surface area contributed by atoms with E-state index in [-0.39, 0.29) is 5.78 Å². The van der Waals surface area contributed by atoms with Crippen LogP contribution in [-0.2, 0) is 7.05 Å². The monoisotopic (exact) mass is 212 g/mol. The summed E-state index contributed by atoms with van der Waals surface area (Å²) in [5.74, 6) is 0.655. The number of carbonyl (C=O) groups excluding carboxylic acids is 1. The zero-order chi connectivity index (χ0) is 10.6. The maximum atomic E-state index is 11.6. The predicted octanol–water partition coefficient (Wildman–Crippen LogP) is 2.13. The van der Waals surface area contributed by atoms with Gasteiger partial charge in [-0.2, -0.15) is 16.9 Å². The Morgan fingerprint density at radius 3 is 2.93 bits per heavy atom. The molecule has 1 atom stereocenters. The van der Waals surface area contributed by atoms with E-state index in [1.807, 2.05) is 7.05 Å². The van der Waals surface area contributed by atoms with Crippen molar-refractivity contribution >= 4 is 17.5 Å². The van der Waals surface area contributed by atoms with Gasteiger partial charge in [0.25, 0.3) is 0 Å². The summed E-state index contributed by atoms with van der Waals surface area (Å²) in [6, 6.07) is 1.76. The first-order chi connectivity index (χ1) is 6.63. The highest BCUT2D eigenvalue weighted by atomic mass is 32.2. The van der Waals surface area contributed by atoms with Crippen molar-refractivity contribution in [3.63, 3.8) is 0 Å². The van der Waals surface area contributed by atoms with Crippen molar-refractivity contribution in [2.45, 2.75) is 25.5 Å². The zero-order valence-electron chi connectivity index (χ0n) is 8.86. The van der Waals surface area contributed by atoms with E-state index < -0.39 is 0 Å². The van der Waals surface area contributed by atoms with E-state index in [0.717, 1.165) is 6.42 Å². The average molecular weight is 212 g/mol. The quantitative estimate of drug-likeness (QED) is 0.701. The second-order valence-corrected chi connectivity index (χ2v) is 4.75. The first-order valence-electron chi connectivity index (χ1n) is 4.78. The van der Waals surface area contributed by atoms with Crippen LogP contribution in [0.25, 0.3) is 0 Å². The van der Waals surface area contributed by atoms with E-state index in [4.69, 9.17) is 0 Å². The normalized spacial score (nSPS) is 12.8. The number of aryl methyl sites for hydroxylation is 1. The number of rotatable bonds is 5. The van der Waals surface area contributed by atoms with Crippen molar-refractivity contribution in [2.75, 3.05) is 5.75 Å². The summed E-state index contributed by atoms with van der Waals surface area (Å²) in [7, 11) is 1.82. The number of hydrogen-bond donors (Lipinski definition) is 0. The summed E-state index contributed by atoms with van der Waals surface area (Å²) < 4.78 is 1.65. The molecule has 0 aliphatic rings. The van der Waals surface area contributed by atoms with Gasteiger partial charge in [-0.3, -0.25) is 9.48 Å². The number of thioether (sulfide) groups is 1. The van der Waals surface area contributed by atoms with Gasteiger partial charge in [0.1, 0.15) is 5.69 Å². The molecular weight excluding hydrogens is 196 g/mol. The smallest absolute Gasteiger partial charge is 0.192 e. The number of aromatic nitrogens is 2. The molecule has 1 aromatic rings. The van der Waals surface area contributed by atoms with Crippen LogP contribution in [0.1, 0.15) is 30.8 Å². The van der Waals surface area contributed by atoms with Crippen molar-refractivity contribution < 1.29 is 4.79 Å². The van der Waals surface area contributed by atoms with Gasteiger partial charge >= 0.3 is 0 Å². The number of carbonyl (C=O) groups is 1. The van der Waals surface area contributed by atoms with Crippen LogP contribution in [-0.4, -0.2) is 26.6 Å². The van der Waals surface area contributed by atoms with E-state index in [2.05, 4.69) is 18.9 Å². The largest absolute Gasteiger partial charge is 0.291 e. The van der Waals surface area contributed by atoms with Crippen LogP contribution in [0.15, 0.2) is 12.3 Å². The second kappa shape index (κ2) is 5.20. The van der Waals surface area contributed by atoms with Crippen molar-refractivity contribution in [3.05, 3.63) is 18.0 Å². The van der Waals surface area contributed by atoms with Gasteiger partial charge < -0.3 is 0 Å². The van der Waals surface area contributed by atoms with Crippen LogP contribution in [0.5, 0.6) is 0 Å². The average Bonchev–Trinajstić information content (AvgIpc) is 2.60. The first-order valence-corrected chi connectivity index (χ1v) is 5.82. The molecule has 0 fully saturated rings. The predicted molar refractivity (Wildman–Crippen MR) is 59.7 cm³/mol. The minimum Gasteiger partial charge on any atom is -0.291 e. The highest BCUT2D eigenvalue weighted by Crippen LogP contribution is 2.14. The van der Waals surface area contributed by atoms with E-state index in [1.54, 1.807) is 28.7 Å². The number of nitrogens with zero attached hydrogens (tertiary/aromatic N) is 2. The van der Waals surface area contributed by atoms with Crippen molar-refractivity contribution in [1.29, 1.82) is 0 Å². The maximum absolute atomic E-state index is 11.6. The topological polar surface area (TPSA) is 34.9 Å². The summed E-state index contributed by atoms with van der Waals surface area (Å²) >= 11 is 1.69. The lowest BCUT2D eigenvalue weighted by atomic mass is 10.3. The summed E-state index contributed by atoms with van der Waals surface area (Å²) in [4.78, 5) is 11.6. The Balaban J connectivity index is 2.43. The van der Waals surface area contributed by atoms with Crippen LogP contribution < -0.4 is 0 Å². The molecule has 0 N–H and O–H groups in total. The molecule has 0 spiro atoms. The molecular formula is C10H16N2OS. The third kappa shape index (κ3) is 3.18. The molecule has 14 heavy (non-hydrogen) atoms. The minimum absolute atomic E-state index is 0.121. The fourth-order valence-corrected chi connectivity index (χ4v) is 1.79. The molecule has 1 rings (SSSR count). The van der Waals surface area contributed by atoms with Gasteiger partial charge in [0, 0.05) is 18.5 Å². The molecule has 0 amide bonds. The zero-order valence-corrected chi connectivity index (χ0v) is 9.67. The van der Waals surface area contributed by atoms with Crippen LogP contribution in [0, 0.1) is 0 Å². The van der Waals surface area contributed by atoms with E-state index in [1.165, 1.54) is 0 Å². The molecule has 0 bridgehead atoms. The van der Waals surface area contributed by atoms with Crippen molar-refractivity contribution in [2.24, 2.45) is 7.05 Å². The van der Waals surface area contributed by atoms with Crippen LogP contribution in [0.4, 0.5) is 0 Å². The molecule has 0 aliphatic carbocycles. The molecule has 0 aromatic carbocycles. The summed E-state index contributed by atoms with van der Waals surface area (Å²) in [6.07, 6.45) is 2.89. The summed E-state index contributed by atoms with van der Waals surface area (Å²) in [5.41, 5.74) is 0.573. The molecule has 0 saturated heterocycles. The molecule has 78 valence electrons. The lowest BCUT2D eigenvalue weighted by molar-refractivity contribution is 0.101. The lowest BCUT2D eigenvalue weighted by Gasteiger charge is -2.05.